The standard InChI is InChI=1S/C8H18N2O4/c1-4-5(11)6(12)7(13)8(14-4)10-3-2-9/h4-8,10-13H,2-3,9H2,1H3/t4-,5-,6-,7-,8+/m0/s1. The molecule has 1 aliphatic heterocycles. The van der Waals surface area contributed by atoms with Crippen molar-refractivity contribution in [2.75, 3.05) is 13.1 Å². The lowest BCUT2D eigenvalue weighted by molar-refractivity contribution is -0.224. The molecule has 1 heterocycles. The summed E-state index contributed by atoms with van der Waals surface area (Å²) in [6.07, 6.45) is -4.56. The Balaban J connectivity index is 2.52. The van der Waals surface area contributed by atoms with Crippen LogP contribution < -0.4 is 11.1 Å². The van der Waals surface area contributed by atoms with Crippen molar-refractivity contribution >= 4 is 0 Å². The van der Waals surface area contributed by atoms with Crippen LogP contribution in [0, 0.1) is 0 Å². The van der Waals surface area contributed by atoms with Crippen LogP contribution in [-0.2, 0) is 4.74 Å². The molecule has 0 spiro atoms. The van der Waals surface area contributed by atoms with Crippen molar-refractivity contribution in [3.8, 4) is 0 Å². The van der Waals surface area contributed by atoms with Crippen molar-refractivity contribution in [3.63, 3.8) is 0 Å². The molecule has 14 heavy (non-hydrogen) atoms. The summed E-state index contributed by atoms with van der Waals surface area (Å²) >= 11 is 0. The van der Waals surface area contributed by atoms with E-state index in [1.54, 1.807) is 6.92 Å². The number of rotatable bonds is 3. The van der Waals surface area contributed by atoms with E-state index in [1.165, 1.54) is 0 Å². The predicted molar refractivity (Wildman–Crippen MR) is 49.4 cm³/mol. The highest BCUT2D eigenvalue weighted by Crippen LogP contribution is 2.19. The fraction of sp³-hybridized carbons (Fsp3) is 1.00. The summed E-state index contributed by atoms with van der Waals surface area (Å²) in [6, 6.07) is 0. The van der Waals surface area contributed by atoms with Crippen molar-refractivity contribution in [2.24, 2.45) is 5.73 Å². The van der Waals surface area contributed by atoms with Crippen LogP contribution >= 0.6 is 0 Å². The Labute approximate surface area is 82.7 Å². The zero-order chi connectivity index (χ0) is 10.7. The Hall–Kier alpha value is -0.240. The number of aliphatic hydroxyl groups excluding tert-OH is 3. The van der Waals surface area contributed by atoms with Gasteiger partial charge in [0.25, 0.3) is 0 Å². The first-order chi connectivity index (χ1) is 6.57. The third-order valence-electron chi connectivity index (χ3n) is 2.34. The Kier molecular flexibility index (Phi) is 4.24. The lowest BCUT2D eigenvalue weighted by atomic mass is 9.99. The molecule has 6 N–H and O–H groups in total. The van der Waals surface area contributed by atoms with Crippen LogP contribution in [0.25, 0.3) is 0 Å². The molecule has 1 rings (SSSR count). The van der Waals surface area contributed by atoms with Crippen molar-refractivity contribution in [1.29, 1.82) is 0 Å². The molecule has 0 radical (unpaired) electrons. The summed E-state index contributed by atoms with van der Waals surface area (Å²) in [7, 11) is 0. The van der Waals surface area contributed by atoms with Crippen LogP contribution in [0.1, 0.15) is 6.92 Å². The number of aliphatic hydroxyl groups is 3. The highest BCUT2D eigenvalue weighted by atomic mass is 16.5. The fourth-order valence-electron chi connectivity index (χ4n) is 1.45. The maximum Gasteiger partial charge on any atom is 0.137 e. The molecule has 84 valence electrons. The SMILES string of the molecule is C[C@@H]1O[C@@H](NCCN)[C@@H](O)[C@@H](O)[C@H]1O. The molecule has 0 saturated carbocycles. The normalized spacial score (nSPS) is 43.9. The van der Waals surface area contributed by atoms with Crippen molar-refractivity contribution in [2.45, 2.75) is 37.6 Å². The molecule has 1 fully saturated rings. The fourth-order valence-corrected chi connectivity index (χ4v) is 1.45. The number of hydrogen-bond donors (Lipinski definition) is 5. The zero-order valence-electron chi connectivity index (χ0n) is 8.13. The molecular formula is C8H18N2O4. The zero-order valence-corrected chi connectivity index (χ0v) is 8.13. The molecule has 0 aromatic carbocycles. The second kappa shape index (κ2) is 5.01. The number of ether oxygens (including phenoxy) is 1. The molecule has 0 aromatic heterocycles. The minimum Gasteiger partial charge on any atom is -0.388 e. The van der Waals surface area contributed by atoms with Gasteiger partial charge in [0.2, 0.25) is 0 Å². The van der Waals surface area contributed by atoms with Gasteiger partial charge in [-0.1, -0.05) is 0 Å². The van der Waals surface area contributed by atoms with Crippen molar-refractivity contribution in [3.05, 3.63) is 0 Å². The first-order valence-corrected chi connectivity index (χ1v) is 4.71. The van der Waals surface area contributed by atoms with Gasteiger partial charge in [0.1, 0.15) is 24.5 Å². The highest BCUT2D eigenvalue weighted by molar-refractivity contribution is 4.89. The van der Waals surface area contributed by atoms with E-state index in [9.17, 15) is 15.3 Å². The third-order valence-corrected chi connectivity index (χ3v) is 2.34. The van der Waals surface area contributed by atoms with E-state index in [0.29, 0.717) is 13.1 Å². The smallest absolute Gasteiger partial charge is 0.137 e. The number of nitrogens with one attached hydrogen (secondary N) is 1. The summed E-state index contributed by atoms with van der Waals surface area (Å²) in [5.74, 6) is 0. The van der Waals surface area contributed by atoms with Crippen LogP contribution in [-0.4, -0.2) is 59.1 Å². The van der Waals surface area contributed by atoms with Crippen molar-refractivity contribution < 1.29 is 20.1 Å². The first kappa shape index (κ1) is 11.8. The van der Waals surface area contributed by atoms with Gasteiger partial charge in [-0.2, -0.15) is 0 Å². The van der Waals surface area contributed by atoms with E-state index in [0.717, 1.165) is 0 Å². The van der Waals surface area contributed by atoms with E-state index in [2.05, 4.69) is 5.32 Å². The second-order valence-electron chi connectivity index (χ2n) is 3.48. The molecule has 1 aliphatic rings. The van der Waals surface area contributed by atoms with Crippen LogP contribution in [0.4, 0.5) is 0 Å². The Morgan fingerprint density at radius 2 is 1.86 bits per heavy atom. The Bertz CT molecular complexity index is 181. The maximum absolute atomic E-state index is 9.51. The van der Waals surface area contributed by atoms with Crippen LogP contribution in [0.15, 0.2) is 0 Å². The second-order valence-corrected chi connectivity index (χ2v) is 3.48. The predicted octanol–water partition coefficient (Wildman–Crippen LogP) is -2.64. The number of nitrogens with two attached hydrogens (primary N) is 1. The monoisotopic (exact) mass is 206 g/mol. The van der Waals surface area contributed by atoms with E-state index in [-0.39, 0.29) is 0 Å². The summed E-state index contributed by atoms with van der Waals surface area (Å²) in [5.41, 5.74) is 5.28. The molecule has 0 aliphatic carbocycles. The first-order valence-electron chi connectivity index (χ1n) is 4.71. The average molecular weight is 206 g/mol. The topological polar surface area (TPSA) is 108 Å². The molecule has 0 aromatic rings. The molecular weight excluding hydrogens is 188 g/mol. The third kappa shape index (κ3) is 2.41. The molecule has 0 amide bonds. The van der Waals surface area contributed by atoms with Crippen molar-refractivity contribution in [1.82, 2.24) is 5.32 Å². The molecule has 0 bridgehead atoms. The Morgan fingerprint density at radius 1 is 1.21 bits per heavy atom. The van der Waals surface area contributed by atoms with E-state index < -0.39 is 30.6 Å². The van der Waals surface area contributed by atoms with Gasteiger partial charge in [-0.15, -0.1) is 0 Å². The molecule has 6 heteroatoms. The van der Waals surface area contributed by atoms with Gasteiger partial charge in [0, 0.05) is 13.1 Å². The average Bonchev–Trinajstić information content (AvgIpc) is 2.18. The summed E-state index contributed by atoms with van der Waals surface area (Å²) < 4.78 is 5.26. The summed E-state index contributed by atoms with van der Waals surface area (Å²) in [6.45, 7) is 2.54. The number of hydrogen-bond acceptors (Lipinski definition) is 6. The molecule has 6 nitrogen and oxygen atoms in total. The largest absolute Gasteiger partial charge is 0.388 e. The lowest BCUT2D eigenvalue weighted by Gasteiger charge is -2.39. The van der Waals surface area contributed by atoms with Gasteiger partial charge in [-0.3, -0.25) is 5.32 Å². The van der Waals surface area contributed by atoms with E-state index in [1.807, 2.05) is 0 Å². The van der Waals surface area contributed by atoms with E-state index in [4.69, 9.17) is 10.5 Å². The summed E-state index contributed by atoms with van der Waals surface area (Å²) in [5, 5.41) is 31.2. The van der Waals surface area contributed by atoms with Gasteiger partial charge in [-0.25, -0.2) is 0 Å². The quantitative estimate of drug-likeness (QED) is 0.345. The van der Waals surface area contributed by atoms with Crippen LogP contribution in [0.2, 0.25) is 0 Å². The molecule has 1 saturated heterocycles. The van der Waals surface area contributed by atoms with Gasteiger partial charge in [0.05, 0.1) is 6.10 Å². The van der Waals surface area contributed by atoms with Gasteiger partial charge in [0.15, 0.2) is 0 Å². The lowest BCUT2D eigenvalue weighted by Crippen LogP contribution is -2.61. The van der Waals surface area contributed by atoms with Gasteiger partial charge in [-0.05, 0) is 6.92 Å². The van der Waals surface area contributed by atoms with E-state index >= 15 is 0 Å². The van der Waals surface area contributed by atoms with Gasteiger partial charge < -0.3 is 25.8 Å². The maximum atomic E-state index is 9.51. The minimum atomic E-state index is -1.19. The van der Waals surface area contributed by atoms with Gasteiger partial charge >= 0.3 is 0 Å². The molecule has 0 unspecified atom stereocenters. The van der Waals surface area contributed by atoms with Crippen LogP contribution in [0.5, 0.6) is 0 Å². The van der Waals surface area contributed by atoms with Crippen LogP contribution in [0.3, 0.4) is 0 Å². The Morgan fingerprint density at radius 3 is 2.43 bits per heavy atom. The summed E-state index contributed by atoms with van der Waals surface area (Å²) in [4.78, 5) is 0. The highest BCUT2D eigenvalue weighted by Gasteiger charge is 2.41. The molecule has 5 atom stereocenters. The minimum absolute atomic E-state index is 0.416.